The third-order valence-corrected chi connectivity index (χ3v) is 5.12. The van der Waals surface area contributed by atoms with Crippen molar-refractivity contribution in [1.82, 2.24) is 14.3 Å². The Balaban J connectivity index is 1.92. The van der Waals surface area contributed by atoms with Crippen molar-refractivity contribution in [2.24, 2.45) is 7.05 Å². The normalized spacial score (nSPS) is 17.6. The molecule has 0 aliphatic carbocycles. The summed E-state index contributed by atoms with van der Waals surface area (Å²) in [5.41, 5.74) is 0.417. The predicted octanol–water partition coefficient (Wildman–Crippen LogP) is 2.25. The van der Waals surface area contributed by atoms with E-state index < -0.39 is 5.60 Å². The van der Waals surface area contributed by atoms with E-state index in [-0.39, 0.29) is 23.3 Å². The van der Waals surface area contributed by atoms with Gasteiger partial charge in [-0.3, -0.25) is 9.48 Å². The van der Waals surface area contributed by atoms with Crippen molar-refractivity contribution in [1.29, 1.82) is 0 Å². The van der Waals surface area contributed by atoms with Crippen molar-refractivity contribution in [3.63, 3.8) is 0 Å². The van der Waals surface area contributed by atoms with Crippen LogP contribution in [0.4, 0.5) is 10.5 Å². The van der Waals surface area contributed by atoms with Gasteiger partial charge in [0.15, 0.2) is 0 Å². The van der Waals surface area contributed by atoms with E-state index in [0.717, 1.165) is 18.5 Å². The monoisotopic (exact) mass is 358 g/mol. The molecule has 1 aromatic heterocycles. The van der Waals surface area contributed by atoms with Crippen LogP contribution in [0.5, 0.6) is 0 Å². The lowest BCUT2D eigenvalue weighted by molar-refractivity contribution is 0.0117. The Morgan fingerprint density at radius 2 is 1.92 bits per heavy atom. The van der Waals surface area contributed by atoms with Gasteiger partial charge in [-0.25, -0.2) is 9.48 Å². The second-order valence-corrected chi connectivity index (χ2v) is 7.37. The molecule has 2 amide bonds. The van der Waals surface area contributed by atoms with E-state index >= 15 is 0 Å². The first-order valence-corrected chi connectivity index (χ1v) is 8.86. The molecule has 2 heterocycles. The van der Waals surface area contributed by atoms with Gasteiger partial charge in [-0.1, -0.05) is 18.2 Å². The number of aromatic nitrogens is 2. The molecular weight excluding hydrogens is 332 g/mol. The van der Waals surface area contributed by atoms with Crippen LogP contribution in [0, 0.1) is 6.92 Å². The van der Waals surface area contributed by atoms with Crippen LogP contribution in [0.25, 0.3) is 5.69 Å². The number of hydrogen-bond donors (Lipinski definition) is 2. The molecule has 1 aliphatic rings. The lowest BCUT2D eigenvalue weighted by Gasteiger charge is -2.33. The van der Waals surface area contributed by atoms with Crippen LogP contribution in [-0.2, 0) is 7.05 Å². The molecule has 1 aliphatic heterocycles. The number of carbonyl (C=O) groups excluding carboxylic acids is 1. The van der Waals surface area contributed by atoms with E-state index in [1.807, 2.05) is 30.3 Å². The summed E-state index contributed by atoms with van der Waals surface area (Å²) in [6.07, 6.45) is 1.59. The predicted molar refractivity (Wildman–Crippen MR) is 101 cm³/mol. The lowest BCUT2D eigenvalue weighted by Crippen LogP contribution is -2.49. The molecule has 1 saturated heterocycles. The summed E-state index contributed by atoms with van der Waals surface area (Å²) in [5, 5.41) is 13.1. The van der Waals surface area contributed by atoms with E-state index in [0.29, 0.717) is 12.2 Å². The van der Waals surface area contributed by atoms with Gasteiger partial charge in [0, 0.05) is 13.6 Å². The Labute approximate surface area is 152 Å². The molecule has 0 bridgehead atoms. The van der Waals surface area contributed by atoms with Crippen LogP contribution < -0.4 is 10.9 Å². The molecule has 1 aromatic carbocycles. The van der Waals surface area contributed by atoms with Gasteiger partial charge in [0.1, 0.15) is 5.69 Å². The summed E-state index contributed by atoms with van der Waals surface area (Å²) in [4.78, 5) is 27.3. The second kappa shape index (κ2) is 6.64. The number of anilines is 1. The smallest absolute Gasteiger partial charge is 0.322 e. The van der Waals surface area contributed by atoms with E-state index in [9.17, 15) is 14.7 Å². The van der Waals surface area contributed by atoms with Gasteiger partial charge in [-0.05, 0) is 45.7 Å². The molecule has 0 radical (unpaired) electrons. The van der Waals surface area contributed by atoms with Crippen LogP contribution >= 0.6 is 0 Å². The fraction of sp³-hybridized carbons (Fsp3) is 0.474. The Hall–Kier alpha value is -2.54. The van der Waals surface area contributed by atoms with Gasteiger partial charge in [0.05, 0.1) is 23.0 Å². The highest BCUT2D eigenvalue weighted by molar-refractivity contribution is 5.90. The van der Waals surface area contributed by atoms with Crippen LogP contribution in [0.3, 0.4) is 0 Å². The van der Waals surface area contributed by atoms with E-state index in [1.54, 1.807) is 37.4 Å². The summed E-state index contributed by atoms with van der Waals surface area (Å²) >= 11 is 0. The standard InChI is InChI=1S/C19H26N4O3/c1-13-16(17(24)23(21(13)4)14-9-6-5-7-10-14)20-18(25)22-12-8-11-15(22)19(2,3)26/h5-7,9-10,15,26H,8,11-12H2,1-4H3,(H,20,25)/t15-/m1/s1. The van der Waals surface area contributed by atoms with Gasteiger partial charge >= 0.3 is 6.03 Å². The van der Waals surface area contributed by atoms with E-state index in [1.165, 1.54) is 4.68 Å². The Bertz CT molecular complexity index is 861. The minimum absolute atomic E-state index is 0.261. The molecule has 2 aromatic rings. The molecule has 26 heavy (non-hydrogen) atoms. The Morgan fingerprint density at radius 3 is 2.54 bits per heavy atom. The van der Waals surface area contributed by atoms with Crippen molar-refractivity contribution in [2.75, 3.05) is 11.9 Å². The Kier molecular flexibility index (Phi) is 4.66. The van der Waals surface area contributed by atoms with Crippen molar-refractivity contribution in [3.8, 4) is 5.69 Å². The van der Waals surface area contributed by atoms with Gasteiger partial charge in [-0.15, -0.1) is 0 Å². The number of amides is 2. The average Bonchev–Trinajstić information content (AvgIpc) is 3.16. The second-order valence-electron chi connectivity index (χ2n) is 7.37. The number of urea groups is 1. The van der Waals surface area contributed by atoms with E-state index in [4.69, 9.17) is 0 Å². The molecule has 7 heteroatoms. The molecule has 1 atom stereocenters. The summed E-state index contributed by atoms with van der Waals surface area (Å²) < 4.78 is 3.26. The van der Waals surface area contributed by atoms with Crippen molar-refractivity contribution in [2.45, 2.75) is 45.3 Å². The first kappa shape index (κ1) is 18.3. The lowest BCUT2D eigenvalue weighted by atomic mass is 9.97. The quantitative estimate of drug-likeness (QED) is 0.883. The summed E-state index contributed by atoms with van der Waals surface area (Å²) in [7, 11) is 1.79. The third-order valence-electron chi connectivity index (χ3n) is 5.12. The summed E-state index contributed by atoms with van der Waals surface area (Å²) in [6, 6.07) is 8.69. The number of aliphatic hydroxyl groups is 1. The van der Waals surface area contributed by atoms with Gasteiger partial charge in [0.25, 0.3) is 5.56 Å². The van der Waals surface area contributed by atoms with Crippen molar-refractivity contribution >= 4 is 11.7 Å². The fourth-order valence-electron chi connectivity index (χ4n) is 3.64. The first-order chi connectivity index (χ1) is 12.2. The molecule has 0 spiro atoms. The number of nitrogens with zero attached hydrogens (tertiary/aromatic N) is 3. The van der Waals surface area contributed by atoms with Crippen LogP contribution in [0.1, 0.15) is 32.4 Å². The third kappa shape index (κ3) is 3.14. The zero-order chi connectivity index (χ0) is 19.1. The molecule has 0 saturated carbocycles. The van der Waals surface area contributed by atoms with Crippen LogP contribution in [0.2, 0.25) is 0 Å². The average molecular weight is 358 g/mol. The maximum atomic E-state index is 12.9. The number of rotatable bonds is 3. The summed E-state index contributed by atoms with van der Waals surface area (Å²) in [6.45, 7) is 5.78. The molecular formula is C19H26N4O3. The number of para-hydroxylation sites is 1. The van der Waals surface area contributed by atoms with Crippen molar-refractivity contribution < 1.29 is 9.90 Å². The topological polar surface area (TPSA) is 79.5 Å². The highest BCUT2D eigenvalue weighted by Crippen LogP contribution is 2.27. The SMILES string of the molecule is Cc1c(NC(=O)N2CCC[C@@H]2C(C)(C)O)c(=O)n(-c2ccccc2)n1C. The number of benzene rings is 1. The number of carbonyl (C=O) groups is 1. The maximum absolute atomic E-state index is 12.9. The number of likely N-dealkylation sites (tertiary alicyclic amines) is 1. The Morgan fingerprint density at radius 1 is 1.27 bits per heavy atom. The molecule has 7 nitrogen and oxygen atoms in total. The van der Waals surface area contributed by atoms with E-state index in [2.05, 4.69) is 5.32 Å². The largest absolute Gasteiger partial charge is 0.388 e. The molecule has 140 valence electrons. The zero-order valence-electron chi connectivity index (χ0n) is 15.7. The highest BCUT2D eigenvalue weighted by atomic mass is 16.3. The minimum atomic E-state index is -0.982. The molecule has 3 rings (SSSR count). The molecule has 2 N–H and O–H groups in total. The minimum Gasteiger partial charge on any atom is -0.388 e. The van der Waals surface area contributed by atoms with Crippen LogP contribution in [0.15, 0.2) is 35.1 Å². The molecule has 0 unspecified atom stereocenters. The zero-order valence-corrected chi connectivity index (χ0v) is 15.7. The number of hydrogen-bond acceptors (Lipinski definition) is 3. The first-order valence-electron chi connectivity index (χ1n) is 8.86. The van der Waals surface area contributed by atoms with Gasteiger partial charge in [-0.2, -0.15) is 0 Å². The maximum Gasteiger partial charge on any atom is 0.322 e. The number of nitrogens with one attached hydrogen (secondary N) is 1. The van der Waals surface area contributed by atoms with Crippen molar-refractivity contribution in [3.05, 3.63) is 46.4 Å². The van der Waals surface area contributed by atoms with Gasteiger partial charge < -0.3 is 15.3 Å². The van der Waals surface area contributed by atoms with Crippen LogP contribution in [-0.4, -0.2) is 43.6 Å². The fourth-order valence-corrected chi connectivity index (χ4v) is 3.64. The van der Waals surface area contributed by atoms with Gasteiger partial charge in [0.2, 0.25) is 0 Å². The highest BCUT2D eigenvalue weighted by Gasteiger charge is 2.39. The molecule has 1 fully saturated rings. The summed E-state index contributed by atoms with van der Waals surface area (Å²) in [5.74, 6) is 0.